The number of carbonyl (C=O) groups excluding carboxylic acids is 1. The third kappa shape index (κ3) is 3.68. The van der Waals surface area contributed by atoms with Gasteiger partial charge in [0.2, 0.25) is 0 Å². The second kappa shape index (κ2) is 8.47. The zero-order valence-electron chi connectivity index (χ0n) is 17.8. The number of methoxy groups -OCH3 is 2. The summed E-state index contributed by atoms with van der Waals surface area (Å²) in [5, 5.41) is 5.21. The van der Waals surface area contributed by atoms with Crippen LogP contribution in [-0.2, 0) is 20.0 Å². The van der Waals surface area contributed by atoms with Gasteiger partial charge >= 0.3 is 0 Å². The molecule has 6 nitrogen and oxygen atoms in total. The average molecular weight is 438 g/mol. The monoisotopic (exact) mass is 437 g/mol. The molecule has 1 aromatic heterocycles. The Balaban J connectivity index is 1.72. The number of nitrogens with zero attached hydrogens (tertiary/aromatic N) is 3. The fraction of sp³-hybridized carbons (Fsp3) is 0.250. The molecule has 0 spiro atoms. The maximum absolute atomic E-state index is 13.5. The Morgan fingerprint density at radius 3 is 2.65 bits per heavy atom. The molecule has 0 atom stereocenters. The van der Waals surface area contributed by atoms with Gasteiger partial charge in [0.05, 0.1) is 19.9 Å². The van der Waals surface area contributed by atoms with E-state index < -0.39 is 0 Å². The summed E-state index contributed by atoms with van der Waals surface area (Å²) in [5.74, 6) is 1.17. The molecule has 0 saturated heterocycles. The standard InChI is InChI=1S/C24H24ClN3O3/c1-5-10-28(14-15-8-6-7-9-19(15)25)24(29)22-18-11-16-12-20(30-3)21(31-4)13-17(16)23(18)27(2)26-22/h5-9,12-13H,1,10-11,14H2,2-4H3. The molecule has 1 aliphatic carbocycles. The van der Waals surface area contributed by atoms with Crippen LogP contribution in [0.2, 0.25) is 5.02 Å². The molecule has 1 amide bonds. The van der Waals surface area contributed by atoms with E-state index in [0.717, 1.165) is 27.9 Å². The molecule has 0 aliphatic heterocycles. The van der Waals surface area contributed by atoms with Crippen LogP contribution >= 0.6 is 11.6 Å². The zero-order chi connectivity index (χ0) is 22.1. The number of amides is 1. The van der Waals surface area contributed by atoms with Gasteiger partial charge in [0.1, 0.15) is 0 Å². The van der Waals surface area contributed by atoms with Crippen LogP contribution in [0, 0.1) is 0 Å². The van der Waals surface area contributed by atoms with Gasteiger partial charge in [-0.1, -0.05) is 35.9 Å². The predicted octanol–water partition coefficient (Wildman–Crippen LogP) is 4.49. The summed E-state index contributed by atoms with van der Waals surface area (Å²) in [7, 11) is 5.08. The predicted molar refractivity (Wildman–Crippen MR) is 121 cm³/mol. The summed E-state index contributed by atoms with van der Waals surface area (Å²) in [5.41, 5.74) is 5.24. The molecular formula is C24H24ClN3O3. The highest BCUT2D eigenvalue weighted by Gasteiger charge is 2.32. The largest absolute Gasteiger partial charge is 0.493 e. The third-order valence-corrected chi connectivity index (χ3v) is 5.90. The topological polar surface area (TPSA) is 56.6 Å². The Kier molecular flexibility index (Phi) is 5.74. The summed E-state index contributed by atoms with van der Waals surface area (Å²) in [6, 6.07) is 11.4. The van der Waals surface area contributed by atoms with Gasteiger partial charge in [-0.2, -0.15) is 5.10 Å². The van der Waals surface area contributed by atoms with Crippen molar-refractivity contribution in [3.8, 4) is 22.8 Å². The van der Waals surface area contributed by atoms with Crippen molar-refractivity contribution in [1.82, 2.24) is 14.7 Å². The minimum Gasteiger partial charge on any atom is -0.493 e. The van der Waals surface area contributed by atoms with Crippen molar-refractivity contribution in [3.05, 3.63) is 76.5 Å². The van der Waals surface area contributed by atoms with Gasteiger partial charge in [0.25, 0.3) is 5.91 Å². The van der Waals surface area contributed by atoms with Crippen LogP contribution in [-0.4, -0.2) is 41.4 Å². The van der Waals surface area contributed by atoms with Crippen molar-refractivity contribution in [2.75, 3.05) is 20.8 Å². The van der Waals surface area contributed by atoms with Crippen molar-refractivity contribution >= 4 is 17.5 Å². The van der Waals surface area contributed by atoms with Crippen molar-refractivity contribution in [1.29, 1.82) is 0 Å². The Morgan fingerprint density at radius 2 is 1.97 bits per heavy atom. The zero-order valence-corrected chi connectivity index (χ0v) is 18.6. The van der Waals surface area contributed by atoms with Gasteiger partial charge in [-0.05, 0) is 29.3 Å². The van der Waals surface area contributed by atoms with Crippen molar-refractivity contribution in [2.24, 2.45) is 7.05 Å². The van der Waals surface area contributed by atoms with Crippen LogP contribution in [0.1, 0.15) is 27.2 Å². The van der Waals surface area contributed by atoms with Gasteiger partial charge in [-0.3, -0.25) is 9.48 Å². The Morgan fingerprint density at radius 1 is 1.26 bits per heavy atom. The minimum absolute atomic E-state index is 0.150. The second-order valence-corrected chi connectivity index (χ2v) is 7.81. The summed E-state index contributed by atoms with van der Waals surface area (Å²) in [4.78, 5) is 15.2. The van der Waals surface area contributed by atoms with Gasteiger partial charge in [0, 0.05) is 42.7 Å². The molecule has 4 rings (SSSR count). The molecule has 0 radical (unpaired) electrons. The van der Waals surface area contributed by atoms with Crippen LogP contribution in [0.15, 0.2) is 49.1 Å². The fourth-order valence-corrected chi connectivity index (χ4v) is 4.27. The van der Waals surface area contributed by atoms with E-state index >= 15 is 0 Å². The van der Waals surface area contributed by atoms with Crippen molar-refractivity contribution in [3.63, 3.8) is 0 Å². The van der Waals surface area contributed by atoms with Gasteiger partial charge < -0.3 is 14.4 Å². The van der Waals surface area contributed by atoms with E-state index in [-0.39, 0.29) is 5.91 Å². The molecule has 0 saturated carbocycles. The molecule has 0 bridgehead atoms. The molecule has 0 fully saturated rings. The van der Waals surface area contributed by atoms with E-state index in [0.29, 0.717) is 41.7 Å². The number of fused-ring (bicyclic) bond motifs is 3. The number of rotatable bonds is 7. The highest BCUT2D eigenvalue weighted by Crippen LogP contribution is 2.43. The molecule has 160 valence electrons. The van der Waals surface area contributed by atoms with E-state index in [1.165, 1.54) is 0 Å². The maximum Gasteiger partial charge on any atom is 0.275 e. The lowest BCUT2D eigenvalue weighted by Gasteiger charge is -2.21. The second-order valence-electron chi connectivity index (χ2n) is 7.41. The minimum atomic E-state index is -0.150. The van der Waals surface area contributed by atoms with E-state index in [1.807, 2.05) is 43.4 Å². The molecular weight excluding hydrogens is 414 g/mol. The Bertz CT molecular complexity index is 1170. The normalized spacial score (nSPS) is 11.6. The van der Waals surface area contributed by atoms with Crippen LogP contribution in [0.25, 0.3) is 11.3 Å². The SMILES string of the molecule is C=CCN(Cc1ccccc1Cl)C(=O)c1nn(C)c2c1Cc1cc(OC)c(OC)cc1-2. The number of hydrogen-bond acceptors (Lipinski definition) is 4. The summed E-state index contributed by atoms with van der Waals surface area (Å²) in [6.45, 7) is 4.58. The number of aryl methyl sites for hydroxylation is 1. The third-order valence-electron chi connectivity index (χ3n) is 5.54. The molecule has 31 heavy (non-hydrogen) atoms. The van der Waals surface area contributed by atoms with Crippen LogP contribution in [0.4, 0.5) is 0 Å². The highest BCUT2D eigenvalue weighted by atomic mass is 35.5. The molecule has 2 aromatic carbocycles. The maximum atomic E-state index is 13.5. The molecule has 1 aliphatic rings. The van der Waals surface area contributed by atoms with Crippen LogP contribution in [0.3, 0.4) is 0 Å². The number of hydrogen-bond donors (Lipinski definition) is 0. The first-order chi connectivity index (χ1) is 15.0. The van der Waals surface area contributed by atoms with Crippen molar-refractivity contribution < 1.29 is 14.3 Å². The van der Waals surface area contributed by atoms with E-state index in [2.05, 4.69) is 11.7 Å². The molecule has 0 unspecified atom stereocenters. The van der Waals surface area contributed by atoms with Gasteiger partial charge in [0.15, 0.2) is 17.2 Å². The Hall–Kier alpha value is -3.25. The first-order valence-corrected chi connectivity index (χ1v) is 10.3. The average Bonchev–Trinajstić information content (AvgIpc) is 3.30. The van der Waals surface area contributed by atoms with Crippen molar-refractivity contribution in [2.45, 2.75) is 13.0 Å². The quantitative estimate of drug-likeness (QED) is 0.400. The molecule has 3 aromatic rings. The van der Waals surface area contributed by atoms with Crippen LogP contribution in [0.5, 0.6) is 11.5 Å². The number of benzene rings is 2. The number of ether oxygens (including phenoxy) is 2. The van der Waals surface area contributed by atoms with E-state index in [4.69, 9.17) is 21.1 Å². The molecule has 7 heteroatoms. The van der Waals surface area contributed by atoms with Crippen LogP contribution < -0.4 is 9.47 Å². The van der Waals surface area contributed by atoms with E-state index in [1.54, 1.807) is 29.9 Å². The number of halogens is 1. The van der Waals surface area contributed by atoms with Gasteiger partial charge in [-0.15, -0.1) is 6.58 Å². The summed E-state index contributed by atoms with van der Waals surface area (Å²) < 4.78 is 12.7. The van der Waals surface area contributed by atoms with E-state index in [9.17, 15) is 4.79 Å². The fourth-order valence-electron chi connectivity index (χ4n) is 4.08. The lowest BCUT2D eigenvalue weighted by molar-refractivity contribution is 0.0755. The number of carbonyl (C=O) groups is 1. The summed E-state index contributed by atoms with van der Waals surface area (Å²) >= 11 is 6.33. The summed E-state index contributed by atoms with van der Waals surface area (Å²) in [6.07, 6.45) is 2.32. The first kappa shape index (κ1) is 21.0. The lowest BCUT2D eigenvalue weighted by atomic mass is 10.1. The lowest BCUT2D eigenvalue weighted by Crippen LogP contribution is -2.31. The first-order valence-electron chi connectivity index (χ1n) is 9.93. The highest BCUT2D eigenvalue weighted by molar-refractivity contribution is 6.31. The smallest absolute Gasteiger partial charge is 0.275 e. The molecule has 0 N–H and O–H groups in total. The Labute approximate surface area is 186 Å². The number of aromatic nitrogens is 2. The molecule has 1 heterocycles. The van der Waals surface area contributed by atoms with Gasteiger partial charge in [-0.25, -0.2) is 0 Å².